The van der Waals surface area contributed by atoms with Gasteiger partial charge in [-0.05, 0) is 67.1 Å². The van der Waals surface area contributed by atoms with Crippen LogP contribution in [0.3, 0.4) is 0 Å². The number of aryl methyl sites for hydroxylation is 1. The monoisotopic (exact) mass is 556 g/mol. The Kier molecular flexibility index (Phi) is 8.26. The Morgan fingerprint density at radius 2 is 1.44 bits per heavy atom. The Morgan fingerprint density at radius 3 is 2.08 bits per heavy atom. The maximum atomic E-state index is 13.2. The van der Waals surface area contributed by atoms with Gasteiger partial charge in [-0.25, -0.2) is 8.42 Å². The van der Waals surface area contributed by atoms with Crippen molar-refractivity contribution >= 4 is 62.3 Å². The van der Waals surface area contributed by atoms with Crippen molar-refractivity contribution in [3.63, 3.8) is 0 Å². The van der Waals surface area contributed by atoms with Gasteiger partial charge in [-0.3, -0.25) is 9.52 Å². The van der Waals surface area contributed by atoms with Crippen molar-refractivity contribution in [3.05, 3.63) is 118 Å². The van der Waals surface area contributed by atoms with Crippen LogP contribution < -0.4 is 10.0 Å². The number of carbonyl (C=O) groups excluding carboxylic acids is 1. The second-order valence-electron chi connectivity index (χ2n) is 7.97. The SMILES string of the molecule is Cc1ccc(S(=O)(=O)Nc2ccc(SC(C(=O)Nc3ccc(Cl)c(Cl)c3)c3ccccc3)cc2)cc1. The fraction of sp³-hybridized carbons (Fsp3) is 0.0741. The van der Waals surface area contributed by atoms with Gasteiger partial charge in [-0.15, -0.1) is 11.8 Å². The van der Waals surface area contributed by atoms with Crippen molar-refractivity contribution in [3.8, 4) is 0 Å². The molecule has 9 heteroatoms. The summed E-state index contributed by atoms with van der Waals surface area (Å²) < 4.78 is 28.0. The molecule has 4 rings (SSSR count). The van der Waals surface area contributed by atoms with Gasteiger partial charge in [0.05, 0.1) is 14.9 Å². The summed E-state index contributed by atoms with van der Waals surface area (Å²) in [5, 5.41) is 3.09. The fourth-order valence-electron chi connectivity index (χ4n) is 3.35. The van der Waals surface area contributed by atoms with Crippen LogP contribution in [-0.2, 0) is 14.8 Å². The van der Waals surface area contributed by atoms with Gasteiger partial charge in [0.15, 0.2) is 0 Å². The Labute approximate surface area is 224 Å². The second kappa shape index (κ2) is 11.4. The quantitative estimate of drug-likeness (QED) is 0.219. The first-order chi connectivity index (χ1) is 17.2. The number of anilines is 2. The molecule has 1 amide bonds. The number of amides is 1. The number of sulfonamides is 1. The number of nitrogens with one attached hydrogen (secondary N) is 2. The molecule has 5 nitrogen and oxygen atoms in total. The lowest BCUT2D eigenvalue weighted by Gasteiger charge is -2.18. The number of carbonyl (C=O) groups is 1. The summed E-state index contributed by atoms with van der Waals surface area (Å²) in [7, 11) is -3.70. The Bertz CT molecular complexity index is 1460. The smallest absolute Gasteiger partial charge is 0.261 e. The molecule has 0 aliphatic carbocycles. The summed E-state index contributed by atoms with van der Waals surface area (Å²) in [6.45, 7) is 1.90. The van der Waals surface area contributed by atoms with Crippen molar-refractivity contribution < 1.29 is 13.2 Å². The molecule has 0 bridgehead atoms. The standard InChI is InChI=1S/C27H22Cl2N2O3S2/c1-18-7-14-23(15-8-18)36(33,34)31-20-9-12-22(13-10-20)35-26(19-5-3-2-4-6-19)27(32)30-21-11-16-24(28)25(29)17-21/h2-17,26,31H,1H3,(H,30,32). The van der Waals surface area contributed by atoms with E-state index >= 15 is 0 Å². The lowest BCUT2D eigenvalue weighted by Crippen LogP contribution is -2.19. The molecular weight excluding hydrogens is 535 g/mol. The normalized spacial score (nSPS) is 12.1. The van der Waals surface area contributed by atoms with E-state index in [1.165, 1.54) is 11.8 Å². The van der Waals surface area contributed by atoms with Crippen molar-refractivity contribution in [2.75, 3.05) is 10.0 Å². The highest BCUT2D eigenvalue weighted by atomic mass is 35.5. The van der Waals surface area contributed by atoms with Gasteiger partial charge in [0.1, 0.15) is 5.25 Å². The van der Waals surface area contributed by atoms with E-state index in [0.717, 1.165) is 16.0 Å². The summed E-state index contributed by atoms with van der Waals surface area (Å²) >= 11 is 13.4. The van der Waals surface area contributed by atoms with Crippen LogP contribution in [0.1, 0.15) is 16.4 Å². The summed E-state index contributed by atoms with van der Waals surface area (Å²) in [4.78, 5) is 14.2. The molecule has 0 spiro atoms. The molecule has 0 saturated carbocycles. The van der Waals surface area contributed by atoms with Gasteiger partial charge in [0, 0.05) is 16.3 Å². The molecule has 0 aromatic heterocycles. The minimum atomic E-state index is -3.70. The van der Waals surface area contributed by atoms with Gasteiger partial charge >= 0.3 is 0 Å². The largest absolute Gasteiger partial charge is 0.325 e. The zero-order chi connectivity index (χ0) is 25.7. The maximum absolute atomic E-state index is 13.2. The molecule has 184 valence electrons. The van der Waals surface area contributed by atoms with E-state index < -0.39 is 15.3 Å². The number of halogens is 2. The summed E-state index contributed by atoms with van der Waals surface area (Å²) in [6.07, 6.45) is 0. The van der Waals surface area contributed by atoms with E-state index in [1.807, 2.05) is 37.3 Å². The summed E-state index contributed by atoms with van der Waals surface area (Å²) in [5.74, 6) is -0.228. The van der Waals surface area contributed by atoms with Crippen molar-refractivity contribution in [1.82, 2.24) is 0 Å². The summed E-state index contributed by atoms with van der Waals surface area (Å²) in [5.41, 5.74) is 2.77. The van der Waals surface area contributed by atoms with E-state index in [9.17, 15) is 13.2 Å². The minimum Gasteiger partial charge on any atom is -0.325 e. The first-order valence-electron chi connectivity index (χ1n) is 10.9. The van der Waals surface area contributed by atoms with Crippen LogP contribution in [0.4, 0.5) is 11.4 Å². The molecule has 1 unspecified atom stereocenters. The van der Waals surface area contributed by atoms with Crippen LogP contribution in [0, 0.1) is 6.92 Å². The highest BCUT2D eigenvalue weighted by Crippen LogP contribution is 2.37. The molecule has 0 heterocycles. The van der Waals surface area contributed by atoms with Gasteiger partial charge < -0.3 is 5.32 Å². The third-order valence-corrected chi connectivity index (χ3v) is 8.62. The number of rotatable bonds is 8. The molecule has 0 aliphatic rings. The lowest BCUT2D eigenvalue weighted by atomic mass is 10.1. The van der Waals surface area contributed by atoms with Gasteiger partial charge in [0.25, 0.3) is 10.0 Å². The molecule has 4 aromatic carbocycles. The number of hydrogen-bond donors (Lipinski definition) is 2. The van der Waals surface area contributed by atoms with Crippen LogP contribution in [-0.4, -0.2) is 14.3 Å². The van der Waals surface area contributed by atoms with E-state index in [0.29, 0.717) is 21.4 Å². The fourth-order valence-corrected chi connectivity index (χ4v) is 5.73. The Balaban J connectivity index is 1.51. The predicted octanol–water partition coefficient (Wildman–Crippen LogP) is 7.57. The zero-order valence-corrected chi connectivity index (χ0v) is 22.3. The second-order valence-corrected chi connectivity index (χ2v) is 11.6. The van der Waals surface area contributed by atoms with Crippen LogP contribution in [0.15, 0.2) is 107 Å². The third-order valence-electron chi connectivity index (χ3n) is 5.22. The topological polar surface area (TPSA) is 75.3 Å². The van der Waals surface area contributed by atoms with Crippen LogP contribution in [0.2, 0.25) is 10.0 Å². The molecule has 0 fully saturated rings. The van der Waals surface area contributed by atoms with Gasteiger partial charge in [0.2, 0.25) is 5.91 Å². The highest BCUT2D eigenvalue weighted by molar-refractivity contribution is 8.00. The van der Waals surface area contributed by atoms with Gasteiger partial charge in [-0.1, -0.05) is 71.2 Å². The Hall–Kier alpha value is -2.97. The van der Waals surface area contributed by atoms with Crippen LogP contribution in [0.25, 0.3) is 0 Å². The van der Waals surface area contributed by atoms with Crippen molar-refractivity contribution in [1.29, 1.82) is 0 Å². The van der Waals surface area contributed by atoms with E-state index in [-0.39, 0.29) is 10.8 Å². The molecule has 0 radical (unpaired) electrons. The lowest BCUT2D eigenvalue weighted by molar-refractivity contribution is -0.115. The summed E-state index contributed by atoms with van der Waals surface area (Å²) in [6, 6.07) is 27.9. The van der Waals surface area contributed by atoms with Crippen LogP contribution in [0.5, 0.6) is 0 Å². The molecule has 4 aromatic rings. The average molecular weight is 558 g/mol. The minimum absolute atomic E-state index is 0.190. The maximum Gasteiger partial charge on any atom is 0.261 e. The van der Waals surface area contributed by atoms with Crippen molar-refractivity contribution in [2.24, 2.45) is 0 Å². The van der Waals surface area contributed by atoms with Crippen LogP contribution >= 0.6 is 35.0 Å². The van der Waals surface area contributed by atoms with E-state index in [1.54, 1.807) is 66.7 Å². The first kappa shape index (κ1) is 26.1. The molecule has 36 heavy (non-hydrogen) atoms. The third kappa shape index (κ3) is 6.62. The predicted molar refractivity (Wildman–Crippen MR) is 149 cm³/mol. The molecule has 2 N–H and O–H groups in total. The molecular formula is C27H22Cl2N2O3S2. The zero-order valence-electron chi connectivity index (χ0n) is 19.1. The number of hydrogen-bond acceptors (Lipinski definition) is 4. The molecule has 0 saturated heterocycles. The average Bonchev–Trinajstić information content (AvgIpc) is 2.86. The molecule has 1 atom stereocenters. The van der Waals surface area contributed by atoms with E-state index in [2.05, 4.69) is 10.0 Å². The molecule has 0 aliphatic heterocycles. The Morgan fingerprint density at radius 1 is 0.806 bits per heavy atom. The number of thioether (sulfide) groups is 1. The number of benzene rings is 4. The van der Waals surface area contributed by atoms with Crippen molar-refractivity contribution in [2.45, 2.75) is 22.0 Å². The van der Waals surface area contributed by atoms with Gasteiger partial charge in [-0.2, -0.15) is 0 Å². The first-order valence-corrected chi connectivity index (χ1v) is 14.0. The van der Waals surface area contributed by atoms with E-state index in [4.69, 9.17) is 23.2 Å². The highest BCUT2D eigenvalue weighted by Gasteiger charge is 2.23.